The summed E-state index contributed by atoms with van der Waals surface area (Å²) in [5.74, 6) is -0.140. The van der Waals surface area contributed by atoms with Gasteiger partial charge in [-0.3, -0.25) is 4.79 Å². The zero-order chi connectivity index (χ0) is 10.4. The molecule has 0 radical (unpaired) electrons. The summed E-state index contributed by atoms with van der Waals surface area (Å²) < 4.78 is 16.9. The van der Waals surface area contributed by atoms with Crippen LogP contribution in [0.5, 0.6) is 0 Å². The fourth-order valence-corrected chi connectivity index (χ4v) is 0.875. The van der Waals surface area contributed by atoms with Crippen LogP contribution in [0.2, 0.25) is 0 Å². The van der Waals surface area contributed by atoms with Gasteiger partial charge in [0, 0.05) is 6.54 Å². The third-order valence-electron chi connectivity index (χ3n) is 1.59. The van der Waals surface area contributed by atoms with Crippen molar-refractivity contribution >= 4 is 11.8 Å². The van der Waals surface area contributed by atoms with Gasteiger partial charge in [0.25, 0.3) is 0 Å². The first kappa shape index (κ1) is 10.4. The summed E-state index contributed by atoms with van der Waals surface area (Å²) in [6.45, 7) is 0.422. The number of rotatable bonds is 4. The number of esters is 1. The Bertz CT molecular complexity index is 300. The number of ether oxygens (including phenoxy) is 1. The molecule has 1 aromatic rings. The molecule has 0 amide bonds. The maximum Gasteiger partial charge on any atom is 0.307 e. The van der Waals surface area contributed by atoms with Crippen molar-refractivity contribution in [3.63, 3.8) is 0 Å². The number of hydrogen-bond acceptors (Lipinski definition) is 4. The normalized spacial score (nSPS) is 9.57. The van der Waals surface area contributed by atoms with Gasteiger partial charge in [-0.15, -0.1) is 0 Å². The Labute approximate surface area is 81.1 Å². The highest BCUT2D eigenvalue weighted by atomic mass is 19.1. The Kier molecular flexibility index (Phi) is 3.84. The summed E-state index contributed by atoms with van der Waals surface area (Å²) in [6.07, 6.45) is 1.37. The Hall–Kier alpha value is -1.65. The van der Waals surface area contributed by atoms with Crippen LogP contribution in [0.1, 0.15) is 6.42 Å². The van der Waals surface area contributed by atoms with Gasteiger partial charge in [0.15, 0.2) is 0 Å². The summed E-state index contributed by atoms with van der Waals surface area (Å²) in [7, 11) is 1.33. The van der Waals surface area contributed by atoms with Crippen LogP contribution in [0.25, 0.3) is 0 Å². The molecule has 0 bridgehead atoms. The standard InChI is InChI=1S/C9H11FN2O2/c1-14-9(13)4-5-11-8-3-2-7(10)6-12-8/h2-3,6H,4-5H2,1H3,(H,11,12). The molecule has 0 fully saturated rings. The van der Waals surface area contributed by atoms with E-state index in [9.17, 15) is 9.18 Å². The number of carbonyl (C=O) groups excluding carboxylic acids is 1. The number of anilines is 1. The van der Waals surface area contributed by atoms with E-state index in [0.29, 0.717) is 12.4 Å². The van der Waals surface area contributed by atoms with Crippen LogP contribution in [0.4, 0.5) is 10.2 Å². The molecule has 0 aliphatic carbocycles. The molecule has 14 heavy (non-hydrogen) atoms. The van der Waals surface area contributed by atoms with E-state index in [0.717, 1.165) is 6.20 Å². The first-order valence-electron chi connectivity index (χ1n) is 4.14. The van der Waals surface area contributed by atoms with Crippen LogP contribution in [-0.4, -0.2) is 24.6 Å². The number of nitrogens with zero attached hydrogens (tertiary/aromatic N) is 1. The molecule has 4 nitrogen and oxygen atoms in total. The summed E-state index contributed by atoms with van der Waals surface area (Å²) in [4.78, 5) is 14.5. The summed E-state index contributed by atoms with van der Waals surface area (Å²) in [6, 6.07) is 2.81. The minimum absolute atomic E-state index is 0.259. The minimum Gasteiger partial charge on any atom is -0.469 e. The molecule has 1 rings (SSSR count). The van der Waals surface area contributed by atoms with Gasteiger partial charge in [0.1, 0.15) is 11.6 Å². The Morgan fingerprint density at radius 3 is 3.00 bits per heavy atom. The Balaban J connectivity index is 2.31. The Morgan fingerprint density at radius 1 is 1.64 bits per heavy atom. The van der Waals surface area contributed by atoms with Crippen LogP contribution in [0.3, 0.4) is 0 Å². The van der Waals surface area contributed by atoms with Gasteiger partial charge in [0.05, 0.1) is 19.7 Å². The number of nitrogens with one attached hydrogen (secondary N) is 1. The average Bonchev–Trinajstić information content (AvgIpc) is 2.21. The van der Waals surface area contributed by atoms with Gasteiger partial charge < -0.3 is 10.1 Å². The monoisotopic (exact) mass is 198 g/mol. The topological polar surface area (TPSA) is 51.2 Å². The lowest BCUT2D eigenvalue weighted by Gasteiger charge is -2.03. The molecular formula is C9H11FN2O2. The van der Waals surface area contributed by atoms with Gasteiger partial charge in [-0.05, 0) is 12.1 Å². The fourth-order valence-electron chi connectivity index (χ4n) is 0.875. The van der Waals surface area contributed by atoms with E-state index in [4.69, 9.17) is 0 Å². The van der Waals surface area contributed by atoms with Crippen molar-refractivity contribution < 1.29 is 13.9 Å². The van der Waals surface area contributed by atoms with Crippen LogP contribution in [0.15, 0.2) is 18.3 Å². The number of methoxy groups -OCH3 is 1. The molecule has 0 aliphatic heterocycles. The molecule has 1 aromatic heterocycles. The average molecular weight is 198 g/mol. The zero-order valence-corrected chi connectivity index (χ0v) is 7.79. The Morgan fingerprint density at radius 2 is 2.43 bits per heavy atom. The molecule has 0 saturated carbocycles. The third kappa shape index (κ3) is 3.38. The molecule has 0 saturated heterocycles. The van der Waals surface area contributed by atoms with Crippen molar-refractivity contribution in [2.24, 2.45) is 0 Å². The molecule has 5 heteroatoms. The zero-order valence-electron chi connectivity index (χ0n) is 7.79. The highest BCUT2D eigenvalue weighted by Crippen LogP contribution is 2.03. The lowest BCUT2D eigenvalue weighted by Crippen LogP contribution is -2.10. The van der Waals surface area contributed by atoms with Crippen LogP contribution < -0.4 is 5.32 Å². The number of pyridine rings is 1. The SMILES string of the molecule is COC(=O)CCNc1ccc(F)cn1. The van der Waals surface area contributed by atoms with E-state index in [-0.39, 0.29) is 18.2 Å². The quantitative estimate of drug-likeness (QED) is 0.738. The second-order valence-electron chi connectivity index (χ2n) is 2.61. The summed E-state index contributed by atoms with van der Waals surface area (Å²) >= 11 is 0. The lowest BCUT2D eigenvalue weighted by molar-refractivity contribution is -0.140. The van der Waals surface area contributed by atoms with Gasteiger partial charge in [-0.25, -0.2) is 9.37 Å². The first-order valence-corrected chi connectivity index (χ1v) is 4.14. The predicted octanol–water partition coefficient (Wildman–Crippen LogP) is 1.20. The lowest BCUT2D eigenvalue weighted by atomic mass is 10.4. The van der Waals surface area contributed by atoms with Gasteiger partial charge in [0.2, 0.25) is 0 Å². The second-order valence-corrected chi connectivity index (χ2v) is 2.61. The molecule has 0 aliphatic rings. The fraction of sp³-hybridized carbons (Fsp3) is 0.333. The van der Waals surface area contributed by atoms with Crippen molar-refractivity contribution in [3.05, 3.63) is 24.1 Å². The maximum atomic E-state index is 12.4. The van der Waals surface area contributed by atoms with E-state index < -0.39 is 0 Å². The third-order valence-corrected chi connectivity index (χ3v) is 1.59. The van der Waals surface area contributed by atoms with Crippen molar-refractivity contribution in [1.29, 1.82) is 0 Å². The molecule has 76 valence electrons. The van der Waals surface area contributed by atoms with Crippen molar-refractivity contribution in [2.75, 3.05) is 19.0 Å². The molecule has 1 heterocycles. The first-order chi connectivity index (χ1) is 6.72. The van der Waals surface area contributed by atoms with Crippen LogP contribution >= 0.6 is 0 Å². The molecule has 1 N–H and O–H groups in total. The van der Waals surface area contributed by atoms with Crippen molar-refractivity contribution in [2.45, 2.75) is 6.42 Å². The van der Waals surface area contributed by atoms with Crippen molar-refractivity contribution in [1.82, 2.24) is 4.98 Å². The molecular weight excluding hydrogens is 187 g/mol. The second kappa shape index (κ2) is 5.16. The van der Waals surface area contributed by atoms with Crippen LogP contribution in [-0.2, 0) is 9.53 Å². The van der Waals surface area contributed by atoms with Gasteiger partial charge in [-0.2, -0.15) is 0 Å². The van der Waals surface area contributed by atoms with Gasteiger partial charge >= 0.3 is 5.97 Å². The number of hydrogen-bond donors (Lipinski definition) is 1. The largest absolute Gasteiger partial charge is 0.469 e. The predicted molar refractivity (Wildman–Crippen MR) is 49.3 cm³/mol. The van der Waals surface area contributed by atoms with E-state index in [2.05, 4.69) is 15.0 Å². The smallest absolute Gasteiger partial charge is 0.307 e. The van der Waals surface area contributed by atoms with E-state index in [1.807, 2.05) is 0 Å². The highest BCUT2D eigenvalue weighted by Gasteiger charge is 1.99. The number of halogens is 1. The summed E-state index contributed by atoms with van der Waals surface area (Å²) in [5, 5.41) is 2.86. The van der Waals surface area contributed by atoms with Crippen molar-refractivity contribution in [3.8, 4) is 0 Å². The van der Waals surface area contributed by atoms with E-state index in [1.54, 1.807) is 0 Å². The van der Waals surface area contributed by atoms with E-state index in [1.165, 1.54) is 19.2 Å². The van der Waals surface area contributed by atoms with E-state index >= 15 is 0 Å². The molecule has 0 unspecified atom stereocenters. The highest BCUT2D eigenvalue weighted by molar-refractivity contribution is 5.69. The van der Waals surface area contributed by atoms with Gasteiger partial charge in [-0.1, -0.05) is 0 Å². The van der Waals surface area contributed by atoms with Crippen LogP contribution in [0, 0.1) is 5.82 Å². The number of carbonyl (C=O) groups is 1. The minimum atomic E-state index is -0.386. The summed E-state index contributed by atoms with van der Waals surface area (Å²) in [5.41, 5.74) is 0. The molecule has 0 spiro atoms. The molecule has 0 atom stereocenters. The molecule has 0 aromatic carbocycles. The maximum absolute atomic E-state index is 12.4. The number of aromatic nitrogens is 1.